The predicted molar refractivity (Wildman–Crippen MR) is 78.3 cm³/mol. The van der Waals surface area contributed by atoms with Gasteiger partial charge in [-0.2, -0.15) is 0 Å². The number of hydrogen-bond donors (Lipinski definition) is 1. The van der Waals surface area contributed by atoms with Crippen LogP contribution < -0.4 is 5.23 Å². The van der Waals surface area contributed by atoms with Gasteiger partial charge >= 0.3 is 0 Å². The first-order chi connectivity index (χ1) is 8.69. The van der Waals surface area contributed by atoms with E-state index in [1.165, 1.54) is 11.1 Å². The van der Waals surface area contributed by atoms with Gasteiger partial charge in [0.1, 0.15) is 11.6 Å². The number of fused-ring (bicyclic) bond motifs is 1. The van der Waals surface area contributed by atoms with Gasteiger partial charge in [-0.05, 0) is 36.6 Å². The van der Waals surface area contributed by atoms with Crippen LogP contribution in [0.5, 0.6) is 0 Å². The fraction of sp³-hybridized carbons (Fsp3) is 0.429. The van der Waals surface area contributed by atoms with Crippen LogP contribution in [0.2, 0.25) is 6.82 Å². The van der Waals surface area contributed by atoms with Crippen LogP contribution in [-0.2, 0) is 12.8 Å². The van der Waals surface area contributed by atoms with Gasteiger partial charge in [-0.25, -0.2) is 9.97 Å². The summed E-state index contributed by atoms with van der Waals surface area (Å²) in [4.78, 5) is 9.17. The molecule has 0 aliphatic heterocycles. The molecule has 2 rings (SSSR count). The molecule has 0 aliphatic rings. The van der Waals surface area contributed by atoms with Crippen molar-refractivity contribution >= 4 is 24.1 Å². The summed E-state index contributed by atoms with van der Waals surface area (Å²) in [5, 5.41) is 4.32. The summed E-state index contributed by atoms with van der Waals surface area (Å²) in [6, 6.07) is 4.37. The molecule has 0 aliphatic carbocycles. The summed E-state index contributed by atoms with van der Waals surface area (Å²) in [5.74, 6) is 1.80. The molecule has 0 saturated heterocycles. The van der Waals surface area contributed by atoms with Crippen LogP contribution in [0.4, 0.5) is 5.82 Å². The minimum Gasteiger partial charge on any atom is -0.417 e. The molecule has 4 heteroatoms. The van der Waals surface area contributed by atoms with Crippen LogP contribution in [-0.4, -0.2) is 17.4 Å². The largest absolute Gasteiger partial charge is 0.417 e. The maximum atomic E-state index is 4.61. The first-order valence-electron chi connectivity index (χ1n) is 6.54. The minimum absolute atomic E-state index is 0.850. The molecular weight excluding hydrogens is 221 g/mol. The summed E-state index contributed by atoms with van der Waals surface area (Å²) < 4.78 is 0. The summed E-state index contributed by atoms with van der Waals surface area (Å²) in [7, 11) is 1.91. The van der Waals surface area contributed by atoms with Crippen molar-refractivity contribution in [3.8, 4) is 0 Å². The number of aryl methyl sites for hydroxylation is 3. The fourth-order valence-electron chi connectivity index (χ4n) is 2.16. The highest BCUT2D eigenvalue weighted by atomic mass is 15.0. The summed E-state index contributed by atoms with van der Waals surface area (Å²) in [6.07, 6.45) is 1.88. The Balaban J connectivity index is 2.70. The molecule has 2 aromatic rings. The highest BCUT2D eigenvalue weighted by Gasteiger charge is 2.08. The molecule has 1 aromatic heterocycles. The topological polar surface area (TPSA) is 37.8 Å². The van der Waals surface area contributed by atoms with Crippen molar-refractivity contribution in [3.63, 3.8) is 0 Å². The smallest absolute Gasteiger partial charge is 0.241 e. The second-order valence-electron chi connectivity index (χ2n) is 4.42. The zero-order chi connectivity index (χ0) is 13.1. The van der Waals surface area contributed by atoms with Crippen molar-refractivity contribution in [2.24, 2.45) is 0 Å². The second kappa shape index (κ2) is 5.38. The van der Waals surface area contributed by atoms with Gasteiger partial charge in [0.15, 0.2) is 0 Å². The van der Waals surface area contributed by atoms with E-state index in [9.17, 15) is 0 Å². The Bertz CT molecular complexity index is 566. The maximum absolute atomic E-state index is 4.61. The highest BCUT2D eigenvalue weighted by Crippen LogP contribution is 2.24. The Morgan fingerprint density at radius 3 is 2.56 bits per heavy atom. The lowest BCUT2D eigenvalue weighted by Gasteiger charge is -2.11. The minimum atomic E-state index is 0.850. The molecule has 0 saturated carbocycles. The normalized spacial score (nSPS) is 10.7. The van der Waals surface area contributed by atoms with Crippen LogP contribution in [0.15, 0.2) is 12.1 Å². The summed E-state index contributed by atoms with van der Waals surface area (Å²) in [6.45, 7) is 8.36. The van der Waals surface area contributed by atoms with Gasteiger partial charge in [-0.15, -0.1) is 0 Å². The number of hydrogen-bond acceptors (Lipinski definition) is 3. The van der Waals surface area contributed by atoms with Crippen LogP contribution in [0, 0.1) is 6.92 Å². The zero-order valence-corrected chi connectivity index (χ0v) is 11.5. The molecule has 3 nitrogen and oxygen atoms in total. The molecule has 1 N–H and O–H groups in total. The Labute approximate surface area is 109 Å². The van der Waals surface area contributed by atoms with E-state index in [1.807, 2.05) is 14.2 Å². The second-order valence-corrected chi connectivity index (χ2v) is 4.42. The first-order valence-corrected chi connectivity index (χ1v) is 6.54. The Morgan fingerprint density at radius 1 is 1.17 bits per heavy atom. The Kier molecular flexibility index (Phi) is 3.85. The van der Waals surface area contributed by atoms with Gasteiger partial charge in [0.2, 0.25) is 7.41 Å². The molecule has 0 spiro atoms. The quantitative estimate of drug-likeness (QED) is 0.834. The molecule has 1 radical (unpaired) electrons. The number of anilines is 1. The van der Waals surface area contributed by atoms with Crippen molar-refractivity contribution in [2.75, 3.05) is 5.23 Å². The van der Waals surface area contributed by atoms with Crippen LogP contribution in [0.1, 0.15) is 30.8 Å². The molecule has 0 bridgehead atoms. The lowest BCUT2D eigenvalue weighted by Crippen LogP contribution is -2.07. The van der Waals surface area contributed by atoms with Crippen LogP contribution in [0.3, 0.4) is 0 Å². The number of nitrogens with zero attached hydrogens (tertiary/aromatic N) is 2. The van der Waals surface area contributed by atoms with E-state index in [1.54, 1.807) is 0 Å². The average molecular weight is 240 g/mol. The molecule has 0 amide bonds. The Morgan fingerprint density at radius 2 is 1.94 bits per heavy atom. The number of rotatable bonds is 4. The predicted octanol–water partition coefficient (Wildman–Crippen LogP) is 3.14. The van der Waals surface area contributed by atoms with Gasteiger partial charge in [0, 0.05) is 11.8 Å². The number of nitrogens with one attached hydrogen (secondary N) is 1. The average Bonchev–Trinajstić information content (AvgIpc) is 2.38. The third-order valence-electron chi connectivity index (χ3n) is 3.18. The molecule has 93 valence electrons. The van der Waals surface area contributed by atoms with E-state index in [-0.39, 0.29) is 0 Å². The monoisotopic (exact) mass is 240 g/mol. The van der Waals surface area contributed by atoms with Gasteiger partial charge in [-0.3, -0.25) is 0 Å². The first kappa shape index (κ1) is 12.9. The summed E-state index contributed by atoms with van der Waals surface area (Å²) >= 11 is 0. The summed E-state index contributed by atoms with van der Waals surface area (Å²) in [5.41, 5.74) is 3.69. The van der Waals surface area contributed by atoms with Crippen molar-refractivity contribution in [3.05, 3.63) is 29.1 Å². The Hall–Kier alpha value is -1.58. The number of benzene rings is 1. The van der Waals surface area contributed by atoms with Crippen molar-refractivity contribution in [1.82, 2.24) is 9.97 Å². The van der Waals surface area contributed by atoms with E-state index in [0.29, 0.717) is 0 Å². The molecule has 1 aromatic carbocycles. The molecule has 0 atom stereocenters. The third-order valence-corrected chi connectivity index (χ3v) is 3.18. The van der Waals surface area contributed by atoms with Crippen molar-refractivity contribution in [1.29, 1.82) is 0 Å². The van der Waals surface area contributed by atoms with Gasteiger partial charge in [0.05, 0.1) is 5.52 Å². The maximum Gasteiger partial charge on any atom is 0.241 e. The molecular formula is C14H19BN3. The van der Waals surface area contributed by atoms with Crippen molar-refractivity contribution in [2.45, 2.75) is 40.4 Å². The fourth-order valence-corrected chi connectivity index (χ4v) is 2.16. The third kappa shape index (κ3) is 2.33. The van der Waals surface area contributed by atoms with Crippen molar-refractivity contribution < 1.29 is 0 Å². The zero-order valence-electron chi connectivity index (χ0n) is 11.5. The van der Waals surface area contributed by atoms with E-state index in [0.717, 1.165) is 35.4 Å². The van der Waals surface area contributed by atoms with Gasteiger partial charge in [0.25, 0.3) is 0 Å². The van der Waals surface area contributed by atoms with Crippen LogP contribution >= 0.6 is 0 Å². The highest BCUT2D eigenvalue weighted by molar-refractivity contribution is 6.39. The lowest BCUT2D eigenvalue weighted by atomic mass is 9.98. The van der Waals surface area contributed by atoms with E-state index in [4.69, 9.17) is 0 Å². The van der Waals surface area contributed by atoms with Gasteiger partial charge in [-0.1, -0.05) is 20.7 Å². The van der Waals surface area contributed by atoms with Crippen LogP contribution in [0.25, 0.3) is 10.9 Å². The standard InChI is InChI=1S/C14H19BN3/c1-5-10-8-11-12(7-9(10)3)16-13(6-2)17-14(11)18-15-4/h7-8H,5-6H2,1-4H3,(H,16,17,18). The molecule has 18 heavy (non-hydrogen) atoms. The van der Waals surface area contributed by atoms with Gasteiger partial charge < -0.3 is 5.23 Å². The molecule has 1 heterocycles. The number of aromatic nitrogens is 2. The van der Waals surface area contributed by atoms with E-state index >= 15 is 0 Å². The molecule has 0 unspecified atom stereocenters. The molecule has 0 fully saturated rings. The van der Waals surface area contributed by atoms with E-state index in [2.05, 4.69) is 48.1 Å². The van der Waals surface area contributed by atoms with E-state index < -0.39 is 0 Å². The lowest BCUT2D eigenvalue weighted by molar-refractivity contribution is 0.963. The SMILES string of the molecule is C[B]Nc1nc(CC)nc2cc(C)c(CC)cc12.